The SMILES string of the molecule is O=CNC1CCCN(S(=O)O)C1. The maximum Gasteiger partial charge on any atom is 0.234 e. The zero-order valence-corrected chi connectivity index (χ0v) is 7.42. The van der Waals surface area contributed by atoms with Crippen LogP contribution in [0.15, 0.2) is 0 Å². The highest BCUT2D eigenvalue weighted by Crippen LogP contribution is 2.10. The summed E-state index contributed by atoms with van der Waals surface area (Å²) in [5.41, 5.74) is 0. The smallest absolute Gasteiger partial charge is 0.234 e. The molecule has 2 atom stereocenters. The lowest BCUT2D eigenvalue weighted by molar-refractivity contribution is -0.110. The number of carbonyl (C=O) groups is 1. The van der Waals surface area contributed by atoms with Crippen molar-refractivity contribution in [1.29, 1.82) is 0 Å². The Kier molecular flexibility index (Phi) is 3.64. The fourth-order valence-corrected chi connectivity index (χ4v) is 1.91. The summed E-state index contributed by atoms with van der Waals surface area (Å²) >= 11 is -1.90. The second kappa shape index (κ2) is 4.54. The van der Waals surface area contributed by atoms with Gasteiger partial charge < -0.3 is 5.32 Å². The van der Waals surface area contributed by atoms with Crippen molar-refractivity contribution in [1.82, 2.24) is 9.62 Å². The van der Waals surface area contributed by atoms with Gasteiger partial charge in [-0.1, -0.05) is 0 Å². The molecule has 2 unspecified atom stereocenters. The van der Waals surface area contributed by atoms with Gasteiger partial charge in [-0.3, -0.25) is 9.35 Å². The van der Waals surface area contributed by atoms with Crippen molar-refractivity contribution in [2.75, 3.05) is 13.1 Å². The van der Waals surface area contributed by atoms with Crippen molar-refractivity contribution < 1.29 is 13.6 Å². The van der Waals surface area contributed by atoms with E-state index in [4.69, 9.17) is 4.55 Å². The van der Waals surface area contributed by atoms with E-state index in [-0.39, 0.29) is 6.04 Å². The summed E-state index contributed by atoms with van der Waals surface area (Å²) in [5, 5.41) is 2.60. The van der Waals surface area contributed by atoms with Gasteiger partial charge in [0.2, 0.25) is 17.7 Å². The van der Waals surface area contributed by atoms with Crippen LogP contribution in [0.5, 0.6) is 0 Å². The fourth-order valence-electron chi connectivity index (χ4n) is 1.32. The lowest BCUT2D eigenvalue weighted by Crippen LogP contribution is -2.45. The zero-order chi connectivity index (χ0) is 8.97. The number of carbonyl (C=O) groups excluding carboxylic acids is 1. The van der Waals surface area contributed by atoms with Crippen molar-refractivity contribution in [3.8, 4) is 0 Å². The Morgan fingerprint density at radius 3 is 3.00 bits per heavy atom. The molecule has 0 bridgehead atoms. The summed E-state index contributed by atoms with van der Waals surface area (Å²) in [6.07, 6.45) is 2.36. The van der Waals surface area contributed by atoms with Crippen LogP contribution in [-0.2, 0) is 16.1 Å². The van der Waals surface area contributed by atoms with Crippen LogP contribution in [0.1, 0.15) is 12.8 Å². The second-order valence-electron chi connectivity index (χ2n) is 2.74. The van der Waals surface area contributed by atoms with E-state index >= 15 is 0 Å². The molecule has 2 N–H and O–H groups in total. The maximum absolute atomic E-state index is 10.6. The molecule has 1 fully saturated rings. The minimum atomic E-state index is -1.90. The molecule has 0 aromatic carbocycles. The number of rotatable bonds is 3. The van der Waals surface area contributed by atoms with E-state index in [1.165, 1.54) is 4.31 Å². The van der Waals surface area contributed by atoms with E-state index in [1.54, 1.807) is 0 Å². The molecule has 6 heteroatoms. The number of amides is 1. The zero-order valence-electron chi connectivity index (χ0n) is 6.60. The van der Waals surface area contributed by atoms with E-state index in [0.29, 0.717) is 19.5 Å². The molecule has 1 aliphatic heterocycles. The molecule has 1 saturated heterocycles. The average Bonchev–Trinajstić information content (AvgIpc) is 2.05. The van der Waals surface area contributed by atoms with Gasteiger partial charge in [-0.2, -0.15) is 4.31 Å². The second-order valence-corrected chi connectivity index (χ2v) is 3.72. The Hall–Kier alpha value is -0.460. The van der Waals surface area contributed by atoms with E-state index < -0.39 is 11.3 Å². The van der Waals surface area contributed by atoms with Crippen molar-refractivity contribution in [3.05, 3.63) is 0 Å². The Morgan fingerprint density at radius 1 is 1.67 bits per heavy atom. The standard InChI is InChI=1S/C6H12N2O3S/c9-5-7-6-2-1-3-8(4-6)12(10)11/h5-6H,1-4H2,(H,7,9)(H,10,11). The number of hydrogen-bond donors (Lipinski definition) is 2. The Labute approximate surface area is 73.5 Å². The van der Waals surface area contributed by atoms with Gasteiger partial charge in [0.15, 0.2) is 0 Å². The van der Waals surface area contributed by atoms with E-state index in [2.05, 4.69) is 5.32 Å². The van der Waals surface area contributed by atoms with Gasteiger partial charge >= 0.3 is 0 Å². The first-order valence-electron chi connectivity index (χ1n) is 3.79. The monoisotopic (exact) mass is 192 g/mol. The molecule has 12 heavy (non-hydrogen) atoms. The average molecular weight is 192 g/mol. The summed E-state index contributed by atoms with van der Waals surface area (Å²) in [4.78, 5) is 10.1. The van der Waals surface area contributed by atoms with Crippen molar-refractivity contribution in [2.45, 2.75) is 18.9 Å². The highest BCUT2D eigenvalue weighted by atomic mass is 32.2. The van der Waals surface area contributed by atoms with Gasteiger partial charge in [0.05, 0.1) is 0 Å². The normalized spacial score (nSPS) is 27.9. The van der Waals surface area contributed by atoms with Crippen molar-refractivity contribution in [2.24, 2.45) is 0 Å². The molecule has 1 heterocycles. The number of nitrogens with one attached hydrogen (secondary N) is 1. The van der Waals surface area contributed by atoms with Crippen LogP contribution >= 0.6 is 0 Å². The number of piperidine rings is 1. The Balaban J connectivity index is 2.39. The van der Waals surface area contributed by atoms with Crippen LogP contribution in [-0.4, -0.2) is 38.6 Å². The highest BCUT2D eigenvalue weighted by Gasteiger charge is 2.22. The molecule has 0 saturated carbocycles. The summed E-state index contributed by atoms with van der Waals surface area (Å²) < 4.78 is 20.8. The van der Waals surface area contributed by atoms with Crippen molar-refractivity contribution >= 4 is 17.7 Å². The first-order valence-corrected chi connectivity index (χ1v) is 4.86. The van der Waals surface area contributed by atoms with Crippen LogP contribution in [0.4, 0.5) is 0 Å². The molecule has 1 rings (SSSR count). The molecule has 5 nitrogen and oxygen atoms in total. The van der Waals surface area contributed by atoms with Crippen LogP contribution in [0.3, 0.4) is 0 Å². The van der Waals surface area contributed by atoms with E-state index in [9.17, 15) is 9.00 Å². The number of hydrogen-bond acceptors (Lipinski definition) is 2. The third-order valence-corrected chi connectivity index (χ3v) is 2.68. The predicted octanol–water partition coefficient (Wildman–Crippen LogP) is -0.667. The summed E-state index contributed by atoms with van der Waals surface area (Å²) in [6.45, 7) is 1.09. The van der Waals surface area contributed by atoms with Crippen molar-refractivity contribution in [3.63, 3.8) is 0 Å². The highest BCUT2D eigenvalue weighted by molar-refractivity contribution is 7.76. The predicted molar refractivity (Wildman–Crippen MR) is 44.6 cm³/mol. The van der Waals surface area contributed by atoms with E-state index in [0.717, 1.165) is 12.8 Å². The quantitative estimate of drug-likeness (QED) is 0.460. The van der Waals surface area contributed by atoms with Crippen LogP contribution < -0.4 is 5.32 Å². The summed E-state index contributed by atoms with van der Waals surface area (Å²) in [7, 11) is 0. The molecular formula is C6H12N2O3S. The minimum Gasteiger partial charge on any atom is -0.355 e. The van der Waals surface area contributed by atoms with E-state index in [1.807, 2.05) is 0 Å². The molecule has 1 amide bonds. The Morgan fingerprint density at radius 2 is 2.42 bits per heavy atom. The summed E-state index contributed by atoms with van der Waals surface area (Å²) in [6, 6.07) is 0.0207. The molecule has 70 valence electrons. The fraction of sp³-hybridized carbons (Fsp3) is 0.833. The minimum absolute atomic E-state index is 0.0207. The summed E-state index contributed by atoms with van der Waals surface area (Å²) in [5.74, 6) is 0. The van der Waals surface area contributed by atoms with Crippen LogP contribution in [0.2, 0.25) is 0 Å². The first kappa shape index (κ1) is 9.63. The Bertz CT molecular complexity index is 188. The van der Waals surface area contributed by atoms with Gasteiger partial charge in [-0.15, -0.1) is 0 Å². The van der Waals surface area contributed by atoms with Gasteiger partial charge in [0.1, 0.15) is 0 Å². The lowest BCUT2D eigenvalue weighted by atomic mass is 10.1. The van der Waals surface area contributed by atoms with Crippen LogP contribution in [0, 0.1) is 0 Å². The van der Waals surface area contributed by atoms with Gasteiger partial charge in [0.25, 0.3) is 0 Å². The lowest BCUT2D eigenvalue weighted by Gasteiger charge is -2.28. The third-order valence-electron chi connectivity index (χ3n) is 1.91. The molecule has 0 aliphatic carbocycles. The first-order chi connectivity index (χ1) is 5.74. The molecule has 0 radical (unpaired) electrons. The molecular weight excluding hydrogens is 180 g/mol. The molecule has 1 aliphatic rings. The number of nitrogens with zero attached hydrogens (tertiary/aromatic N) is 1. The van der Waals surface area contributed by atoms with Gasteiger partial charge in [-0.25, -0.2) is 4.21 Å². The molecule has 0 aromatic heterocycles. The molecule has 0 spiro atoms. The topological polar surface area (TPSA) is 69.6 Å². The van der Waals surface area contributed by atoms with Gasteiger partial charge in [0, 0.05) is 19.1 Å². The van der Waals surface area contributed by atoms with Gasteiger partial charge in [-0.05, 0) is 12.8 Å². The maximum atomic E-state index is 10.6. The largest absolute Gasteiger partial charge is 0.355 e. The van der Waals surface area contributed by atoms with Crippen LogP contribution in [0.25, 0.3) is 0 Å². The molecule has 0 aromatic rings. The third kappa shape index (κ3) is 2.54.